The Kier molecular flexibility index (Phi) is 4.18. The Bertz CT molecular complexity index is 958. The van der Waals surface area contributed by atoms with Gasteiger partial charge in [-0.2, -0.15) is 10.2 Å². The smallest absolute Gasteiger partial charge is 0.326 e. The number of carbonyl (C=O) groups excluding carboxylic acids is 1. The number of pyridine rings is 1. The zero-order chi connectivity index (χ0) is 18.1. The molecule has 0 radical (unpaired) electrons. The number of fused-ring (bicyclic) bond motifs is 1. The predicted molar refractivity (Wildman–Crippen MR) is 99.7 cm³/mol. The first-order valence-electron chi connectivity index (χ1n) is 8.11. The zero-order valence-corrected chi connectivity index (χ0v) is 14.5. The second-order valence-corrected chi connectivity index (χ2v) is 6.29. The summed E-state index contributed by atoms with van der Waals surface area (Å²) in [6.07, 6.45) is 6.31. The monoisotopic (exact) mass is 369 g/mol. The van der Waals surface area contributed by atoms with Crippen molar-refractivity contribution in [3.8, 4) is 5.82 Å². The molecule has 2 aromatic heterocycles. The van der Waals surface area contributed by atoms with E-state index in [1.807, 2.05) is 18.2 Å². The number of amides is 2. The van der Waals surface area contributed by atoms with Crippen LogP contribution in [0.4, 0.5) is 21.9 Å². The van der Waals surface area contributed by atoms with Crippen molar-refractivity contribution in [2.75, 3.05) is 22.5 Å². The fourth-order valence-corrected chi connectivity index (χ4v) is 3.27. The van der Waals surface area contributed by atoms with E-state index in [1.165, 1.54) is 23.4 Å². The van der Waals surface area contributed by atoms with Gasteiger partial charge in [-0.15, -0.1) is 4.80 Å². The molecular formula is C17H16ClN7O. The minimum absolute atomic E-state index is 0.251. The third-order valence-electron chi connectivity index (χ3n) is 4.21. The normalized spacial score (nSPS) is 13.3. The van der Waals surface area contributed by atoms with Crippen LogP contribution < -0.4 is 16.0 Å². The molecule has 3 N–H and O–H groups in total. The van der Waals surface area contributed by atoms with Crippen molar-refractivity contribution in [1.29, 1.82) is 0 Å². The van der Waals surface area contributed by atoms with Crippen molar-refractivity contribution in [2.45, 2.75) is 12.8 Å². The van der Waals surface area contributed by atoms with Gasteiger partial charge in [0.15, 0.2) is 5.82 Å². The maximum Gasteiger partial charge on any atom is 0.326 e. The highest BCUT2D eigenvalue weighted by atomic mass is 35.5. The number of anilines is 3. The summed E-state index contributed by atoms with van der Waals surface area (Å²) in [4.78, 5) is 20.0. The van der Waals surface area contributed by atoms with E-state index in [-0.39, 0.29) is 6.03 Å². The first-order valence-corrected chi connectivity index (χ1v) is 8.49. The zero-order valence-electron chi connectivity index (χ0n) is 13.8. The van der Waals surface area contributed by atoms with Gasteiger partial charge in [-0.05, 0) is 36.6 Å². The Morgan fingerprint density at radius 2 is 2.08 bits per heavy atom. The van der Waals surface area contributed by atoms with Gasteiger partial charge in [0.1, 0.15) is 0 Å². The van der Waals surface area contributed by atoms with E-state index in [2.05, 4.69) is 20.5 Å². The first-order chi connectivity index (χ1) is 12.6. The minimum atomic E-state index is -0.251. The van der Waals surface area contributed by atoms with E-state index in [0.717, 1.165) is 24.1 Å². The summed E-state index contributed by atoms with van der Waals surface area (Å²) in [6.45, 7) is 0.624. The Labute approximate surface area is 154 Å². The quantitative estimate of drug-likeness (QED) is 0.676. The Balaban J connectivity index is 1.56. The van der Waals surface area contributed by atoms with Crippen LogP contribution in [0.1, 0.15) is 12.0 Å². The number of nitrogens with zero attached hydrogens (tertiary/aromatic N) is 5. The molecular weight excluding hydrogens is 354 g/mol. The number of nitrogen functional groups attached to an aromatic ring is 1. The summed E-state index contributed by atoms with van der Waals surface area (Å²) in [7, 11) is 0. The van der Waals surface area contributed by atoms with Gasteiger partial charge in [-0.3, -0.25) is 4.90 Å². The van der Waals surface area contributed by atoms with Crippen LogP contribution in [-0.2, 0) is 6.42 Å². The van der Waals surface area contributed by atoms with Crippen molar-refractivity contribution in [3.05, 3.63) is 53.4 Å². The highest BCUT2D eigenvalue weighted by Gasteiger charge is 2.24. The SMILES string of the molecule is Nc1cccc2c1CCCN2C(=O)Nc1cnc(-n2nccn2)c(Cl)c1. The minimum Gasteiger partial charge on any atom is -0.398 e. The van der Waals surface area contributed by atoms with Gasteiger partial charge in [0.25, 0.3) is 0 Å². The van der Waals surface area contributed by atoms with Crippen LogP contribution in [0.5, 0.6) is 0 Å². The van der Waals surface area contributed by atoms with E-state index in [9.17, 15) is 4.79 Å². The summed E-state index contributed by atoms with van der Waals surface area (Å²) >= 11 is 6.25. The molecule has 8 nitrogen and oxygen atoms in total. The number of hydrogen-bond acceptors (Lipinski definition) is 5. The van der Waals surface area contributed by atoms with Crippen LogP contribution in [0.2, 0.25) is 5.02 Å². The molecule has 2 amide bonds. The largest absolute Gasteiger partial charge is 0.398 e. The predicted octanol–water partition coefficient (Wildman–Crippen LogP) is 2.88. The molecule has 26 heavy (non-hydrogen) atoms. The van der Waals surface area contributed by atoms with Crippen LogP contribution in [0, 0.1) is 0 Å². The molecule has 0 spiro atoms. The number of hydrogen-bond donors (Lipinski definition) is 2. The van der Waals surface area contributed by atoms with Gasteiger partial charge in [0.05, 0.1) is 35.0 Å². The second-order valence-electron chi connectivity index (χ2n) is 5.88. The standard InChI is InChI=1S/C17H16ClN7O/c18-13-9-11(10-20-16(13)25-21-6-7-22-25)23-17(26)24-8-2-3-12-14(19)4-1-5-15(12)24/h1,4-7,9-10H,2-3,8,19H2,(H,23,26). The molecule has 9 heteroatoms. The average molecular weight is 370 g/mol. The fraction of sp³-hybridized carbons (Fsp3) is 0.176. The molecule has 0 saturated carbocycles. The van der Waals surface area contributed by atoms with E-state index in [0.29, 0.717) is 28.8 Å². The first kappa shape index (κ1) is 16.3. The molecule has 0 aliphatic carbocycles. The average Bonchev–Trinajstić information content (AvgIpc) is 3.16. The highest BCUT2D eigenvalue weighted by Crippen LogP contribution is 2.31. The number of urea groups is 1. The molecule has 1 aromatic carbocycles. The Morgan fingerprint density at radius 1 is 1.27 bits per heavy atom. The molecule has 132 valence electrons. The molecule has 0 fully saturated rings. The number of rotatable bonds is 2. The lowest BCUT2D eigenvalue weighted by Crippen LogP contribution is -2.38. The number of aromatic nitrogens is 4. The van der Waals surface area contributed by atoms with Crippen molar-refractivity contribution in [1.82, 2.24) is 20.0 Å². The third kappa shape index (κ3) is 2.95. The lowest BCUT2D eigenvalue weighted by Gasteiger charge is -2.30. The third-order valence-corrected chi connectivity index (χ3v) is 4.49. The summed E-state index contributed by atoms with van der Waals surface area (Å²) in [5, 5.41) is 11.2. The lowest BCUT2D eigenvalue weighted by atomic mass is 10.0. The molecule has 0 bridgehead atoms. The van der Waals surface area contributed by atoms with Crippen LogP contribution in [0.15, 0.2) is 42.9 Å². The Hall–Kier alpha value is -3.13. The molecule has 1 aliphatic rings. The molecule has 0 atom stereocenters. The van der Waals surface area contributed by atoms with E-state index < -0.39 is 0 Å². The van der Waals surface area contributed by atoms with Crippen molar-refractivity contribution >= 4 is 34.7 Å². The molecule has 0 saturated heterocycles. The maximum atomic E-state index is 12.7. The van der Waals surface area contributed by atoms with Gasteiger partial charge in [-0.1, -0.05) is 17.7 Å². The van der Waals surface area contributed by atoms with Crippen molar-refractivity contribution in [3.63, 3.8) is 0 Å². The van der Waals surface area contributed by atoms with E-state index >= 15 is 0 Å². The topological polar surface area (TPSA) is 102 Å². The summed E-state index contributed by atoms with van der Waals surface area (Å²) < 4.78 is 0. The fourth-order valence-electron chi connectivity index (χ4n) is 3.02. The van der Waals surface area contributed by atoms with Crippen LogP contribution in [0.25, 0.3) is 5.82 Å². The highest BCUT2D eigenvalue weighted by molar-refractivity contribution is 6.32. The second kappa shape index (κ2) is 6.64. The summed E-state index contributed by atoms with van der Waals surface area (Å²) in [5.41, 5.74) is 9.08. The number of nitrogens with two attached hydrogens (primary N) is 1. The van der Waals surface area contributed by atoms with Gasteiger partial charge in [0, 0.05) is 12.2 Å². The number of carbonyl (C=O) groups is 1. The molecule has 3 heterocycles. The Morgan fingerprint density at radius 3 is 2.85 bits per heavy atom. The molecule has 0 unspecified atom stereocenters. The lowest BCUT2D eigenvalue weighted by molar-refractivity contribution is 0.256. The summed E-state index contributed by atoms with van der Waals surface area (Å²) in [5.74, 6) is 0.394. The van der Waals surface area contributed by atoms with Crippen LogP contribution >= 0.6 is 11.6 Å². The van der Waals surface area contributed by atoms with Crippen LogP contribution in [0.3, 0.4) is 0 Å². The van der Waals surface area contributed by atoms with Crippen molar-refractivity contribution < 1.29 is 4.79 Å². The van der Waals surface area contributed by atoms with E-state index in [1.54, 1.807) is 11.0 Å². The molecule has 4 rings (SSSR count). The number of nitrogens with one attached hydrogen (secondary N) is 1. The summed E-state index contributed by atoms with van der Waals surface area (Å²) in [6, 6.07) is 6.98. The van der Waals surface area contributed by atoms with Crippen molar-refractivity contribution in [2.24, 2.45) is 0 Å². The van der Waals surface area contributed by atoms with Gasteiger partial charge in [-0.25, -0.2) is 9.78 Å². The number of benzene rings is 1. The molecule has 3 aromatic rings. The van der Waals surface area contributed by atoms with E-state index in [4.69, 9.17) is 17.3 Å². The van der Waals surface area contributed by atoms with Crippen LogP contribution in [-0.4, -0.2) is 32.6 Å². The molecule has 1 aliphatic heterocycles. The maximum absolute atomic E-state index is 12.7. The number of halogens is 1. The van der Waals surface area contributed by atoms with Gasteiger partial charge >= 0.3 is 6.03 Å². The van der Waals surface area contributed by atoms with Gasteiger partial charge < -0.3 is 11.1 Å². The van der Waals surface area contributed by atoms with Gasteiger partial charge in [0.2, 0.25) is 0 Å².